The molecule has 3 aliphatic rings. The molecule has 0 aromatic carbocycles. The van der Waals surface area contributed by atoms with E-state index in [9.17, 15) is 14.4 Å². The second kappa shape index (κ2) is 12.2. The van der Waals surface area contributed by atoms with E-state index in [1.165, 1.54) is 23.7 Å². The largest absolute Gasteiger partial charge is 0.325 e. The Kier molecular flexibility index (Phi) is 7.88. The van der Waals surface area contributed by atoms with Crippen molar-refractivity contribution in [3.05, 3.63) is 82.5 Å². The molecule has 7 heterocycles. The number of hydrogen-bond donors (Lipinski definition) is 1. The predicted octanol–water partition coefficient (Wildman–Crippen LogP) is 5.35. The summed E-state index contributed by atoms with van der Waals surface area (Å²) in [5.41, 5.74) is 1.57. The lowest BCUT2D eigenvalue weighted by molar-refractivity contribution is -0.138. The summed E-state index contributed by atoms with van der Waals surface area (Å²) in [5, 5.41) is 12.3. The SMILES string of the molecule is CC(=O)c1nn(CC(=O)N2[C@H]3C[C@]4(C[C@@H]24)Cn2ccc(n2)C=CCCC(F)(F)c2ccc(Br)nc2NC3=O)c2cnc(-c3cnc(C)nc3)cc12. The van der Waals surface area contributed by atoms with Gasteiger partial charge in [0.25, 0.3) is 5.92 Å². The van der Waals surface area contributed by atoms with Crippen LogP contribution in [0.15, 0.2) is 59.7 Å². The number of aryl methyl sites for hydroxylation is 1. The Labute approximate surface area is 298 Å². The van der Waals surface area contributed by atoms with Crippen molar-refractivity contribution in [1.29, 1.82) is 0 Å². The Hall–Kier alpha value is -5.25. The number of pyridine rings is 2. The van der Waals surface area contributed by atoms with Gasteiger partial charge in [0, 0.05) is 60.9 Å². The molecule has 1 spiro atoms. The quantitative estimate of drug-likeness (QED) is 0.189. The number of halogens is 3. The number of likely N-dealkylation sites (tertiary alicyclic amines) is 1. The molecule has 260 valence electrons. The number of rotatable bonds is 4. The summed E-state index contributed by atoms with van der Waals surface area (Å²) in [6.07, 6.45) is 10.5. The van der Waals surface area contributed by atoms with Crippen molar-refractivity contribution in [3.63, 3.8) is 0 Å². The van der Waals surface area contributed by atoms with Gasteiger partial charge in [-0.15, -0.1) is 0 Å². The van der Waals surface area contributed by atoms with E-state index in [4.69, 9.17) is 0 Å². The normalized spacial score (nSPS) is 22.4. The Morgan fingerprint density at radius 2 is 1.88 bits per heavy atom. The van der Waals surface area contributed by atoms with Gasteiger partial charge in [-0.05, 0) is 72.5 Å². The molecule has 2 aliphatic heterocycles. The number of ketones is 1. The van der Waals surface area contributed by atoms with E-state index in [1.54, 1.807) is 59.4 Å². The van der Waals surface area contributed by atoms with Crippen molar-refractivity contribution in [3.8, 4) is 11.3 Å². The van der Waals surface area contributed by atoms with E-state index in [2.05, 4.69) is 51.4 Å². The van der Waals surface area contributed by atoms with Crippen LogP contribution >= 0.6 is 15.9 Å². The summed E-state index contributed by atoms with van der Waals surface area (Å²) in [5.74, 6) is -4.29. The Morgan fingerprint density at radius 3 is 2.67 bits per heavy atom. The molecule has 13 nitrogen and oxygen atoms in total. The average molecular weight is 758 g/mol. The zero-order chi connectivity index (χ0) is 35.7. The second-order valence-electron chi connectivity index (χ2n) is 13.4. The first-order valence-corrected chi connectivity index (χ1v) is 17.2. The number of aromatic nitrogens is 8. The van der Waals surface area contributed by atoms with Crippen LogP contribution in [-0.4, -0.2) is 74.1 Å². The second-order valence-corrected chi connectivity index (χ2v) is 14.2. The van der Waals surface area contributed by atoms with Gasteiger partial charge in [-0.2, -0.15) is 10.2 Å². The molecule has 1 N–H and O–H groups in total. The van der Waals surface area contributed by atoms with Crippen LogP contribution < -0.4 is 5.32 Å². The third-order valence-electron chi connectivity index (χ3n) is 9.89. The van der Waals surface area contributed by atoms with Gasteiger partial charge in [0.05, 0.1) is 28.7 Å². The number of Topliss-reactive ketones (excluding diaryl/α,β-unsaturated/α-hetero) is 1. The van der Waals surface area contributed by atoms with Crippen LogP contribution in [0.1, 0.15) is 60.2 Å². The van der Waals surface area contributed by atoms with Gasteiger partial charge in [0.2, 0.25) is 11.8 Å². The molecular formula is C35H31BrF2N10O3. The number of carbonyl (C=O) groups is 3. The minimum absolute atomic E-state index is 0.0743. The number of hydrogen-bond acceptors (Lipinski definition) is 9. The van der Waals surface area contributed by atoms with Gasteiger partial charge in [-0.25, -0.2) is 23.7 Å². The average Bonchev–Trinajstić information content (AvgIpc) is 3.36. The van der Waals surface area contributed by atoms with Gasteiger partial charge >= 0.3 is 0 Å². The lowest BCUT2D eigenvalue weighted by Gasteiger charge is -2.27. The van der Waals surface area contributed by atoms with Gasteiger partial charge in [-0.1, -0.05) is 6.08 Å². The van der Waals surface area contributed by atoms with Crippen LogP contribution in [0, 0.1) is 12.3 Å². The van der Waals surface area contributed by atoms with Crippen LogP contribution in [0.2, 0.25) is 0 Å². The Morgan fingerprint density at radius 1 is 1.08 bits per heavy atom. The van der Waals surface area contributed by atoms with Crippen molar-refractivity contribution in [2.45, 2.75) is 70.6 Å². The van der Waals surface area contributed by atoms with Crippen molar-refractivity contribution in [1.82, 2.24) is 44.4 Å². The summed E-state index contributed by atoms with van der Waals surface area (Å²) < 4.78 is 34.6. The van der Waals surface area contributed by atoms with Crippen molar-refractivity contribution >= 4 is 56.3 Å². The molecule has 2 fully saturated rings. The monoisotopic (exact) mass is 756 g/mol. The number of nitrogens with one attached hydrogen (secondary N) is 1. The fourth-order valence-electron chi connectivity index (χ4n) is 7.29. The summed E-state index contributed by atoms with van der Waals surface area (Å²) in [6.45, 7) is 3.35. The summed E-state index contributed by atoms with van der Waals surface area (Å²) >= 11 is 3.24. The predicted molar refractivity (Wildman–Crippen MR) is 184 cm³/mol. The first-order valence-electron chi connectivity index (χ1n) is 16.4. The zero-order valence-corrected chi connectivity index (χ0v) is 29.1. The van der Waals surface area contributed by atoms with Crippen molar-refractivity contribution in [2.75, 3.05) is 5.32 Å². The number of amides is 2. The molecule has 5 aromatic rings. The fraction of sp³-hybridized carbons (Fsp3) is 0.343. The van der Waals surface area contributed by atoms with Gasteiger partial charge < -0.3 is 10.2 Å². The maximum Gasteiger partial charge on any atom is 0.277 e. The summed E-state index contributed by atoms with van der Waals surface area (Å²) in [7, 11) is 0. The molecule has 4 bridgehead atoms. The van der Waals surface area contributed by atoms with E-state index >= 15 is 8.78 Å². The van der Waals surface area contributed by atoms with Crippen LogP contribution in [0.25, 0.3) is 28.2 Å². The zero-order valence-electron chi connectivity index (χ0n) is 27.6. The van der Waals surface area contributed by atoms with Crippen LogP contribution in [0.5, 0.6) is 0 Å². The number of piperidine rings is 1. The van der Waals surface area contributed by atoms with Crippen LogP contribution in [-0.2, 0) is 28.6 Å². The minimum Gasteiger partial charge on any atom is -0.325 e. The number of nitrogens with zero attached hydrogens (tertiary/aromatic N) is 9. The molecule has 1 saturated heterocycles. The topological polar surface area (TPSA) is 154 Å². The van der Waals surface area contributed by atoms with E-state index in [1.807, 2.05) is 6.20 Å². The van der Waals surface area contributed by atoms with Crippen LogP contribution in [0.3, 0.4) is 0 Å². The number of anilines is 1. The highest BCUT2D eigenvalue weighted by molar-refractivity contribution is 9.10. The molecule has 3 atom stereocenters. The smallest absolute Gasteiger partial charge is 0.277 e. The maximum absolute atomic E-state index is 15.6. The Balaban J connectivity index is 1.15. The summed E-state index contributed by atoms with van der Waals surface area (Å²) in [6, 6.07) is 4.89. The molecule has 1 aliphatic carbocycles. The van der Waals surface area contributed by atoms with E-state index < -0.39 is 41.2 Å². The van der Waals surface area contributed by atoms with Crippen molar-refractivity contribution < 1.29 is 23.2 Å². The number of alkyl halides is 2. The molecule has 2 amide bonds. The highest BCUT2D eigenvalue weighted by Crippen LogP contribution is 2.60. The number of fused-ring (bicyclic) bond motifs is 5. The molecule has 1 saturated carbocycles. The number of carbonyl (C=O) groups excluding carboxylic acids is 3. The molecule has 0 unspecified atom stereocenters. The van der Waals surface area contributed by atoms with Gasteiger partial charge in [0.15, 0.2) is 5.78 Å². The lowest BCUT2D eigenvalue weighted by atomic mass is 9.98. The molecule has 51 heavy (non-hydrogen) atoms. The lowest BCUT2D eigenvalue weighted by Crippen LogP contribution is -2.47. The first kappa shape index (κ1) is 32.9. The molecule has 16 heteroatoms. The Bertz CT molecular complexity index is 2270. The van der Waals surface area contributed by atoms with E-state index in [0.29, 0.717) is 53.1 Å². The van der Waals surface area contributed by atoms with E-state index in [0.717, 1.165) is 0 Å². The molecule has 5 aromatic heterocycles. The molecule has 8 rings (SSSR count). The third-order valence-corrected chi connectivity index (χ3v) is 10.3. The first-order chi connectivity index (χ1) is 24.4. The third kappa shape index (κ3) is 6.00. The minimum atomic E-state index is -3.30. The summed E-state index contributed by atoms with van der Waals surface area (Å²) in [4.78, 5) is 59.9. The van der Waals surface area contributed by atoms with E-state index in [-0.39, 0.29) is 40.9 Å². The standard InChI is InChI=1S/C35H31BrF2N10O3/c1-19(49)31-23-11-25(21-14-39-20(2)40-15-21)41-16-27(23)47(45-31)17-30(50)48-26-12-34(13-28(34)48)18-46-10-8-22(44-46)5-3-4-9-35(37,38)24-6-7-29(36)42-32(24)43-33(26)51/h3,5-8,10-11,14-16,26,28H,4,9,12-13,17-18H2,1-2H3,(H,42,43,51)/t26-,28+,34-/m0/s1. The van der Waals surface area contributed by atoms with Crippen molar-refractivity contribution in [2.24, 2.45) is 5.41 Å². The molecular weight excluding hydrogens is 726 g/mol. The molecule has 0 radical (unpaired) electrons. The van der Waals surface area contributed by atoms with Gasteiger partial charge in [-0.3, -0.25) is 28.7 Å². The maximum atomic E-state index is 15.6. The highest BCUT2D eigenvalue weighted by atomic mass is 79.9. The van der Waals surface area contributed by atoms with Gasteiger partial charge in [0.1, 0.15) is 34.5 Å². The highest BCUT2D eigenvalue weighted by Gasteiger charge is 2.67. The number of allylic oxidation sites excluding steroid dienone is 1. The fourth-order valence-corrected chi connectivity index (χ4v) is 7.60. The van der Waals surface area contributed by atoms with Crippen LogP contribution in [0.4, 0.5) is 14.6 Å².